The molecule has 17 heavy (non-hydrogen) atoms. The lowest BCUT2D eigenvalue weighted by molar-refractivity contribution is -0.119. The number of Topliss-reactive ketones (excluding diaryl/α,β-unsaturated/α-hetero) is 1. The Kier molecular flexibility index (Phi) is 13.0. The molecule has 0 aliphatic heterocycles. The van der Waals surface area contributed by atoms with Gasteiger partial charge in [-0.25, -0.2) is 0 Å². The zero-order chi connectivity index (χ0) is 12.8. The first kappa shape index (κ1) is 16.4. The van der Waals surface area contributed by atoms with Crippen LogP contribution in [0.3, 0.4) is 0 Å². The van der Waals surface area contributed by atoms with Crippen LogP contribution in [0.5, 0.6) is 0 Å². The zero-order valence-electron chi connectivity index (χ0n) is 11.8. The SMILES string of the molecule is CCCCC=CCCCCCC(=O)CCCC. The molecule has 0 spiro atoms. The molecular formula is C16H30O. The fourth-order valence-electron chi connectivity index (χ4n) is 1.82. The van der Waals surface area contributed by atoms with Gasteiger partial charge in [0.25, 0.3) is 0 Å². The normalized spacial score (nSPS) is 11.2. The second-order valence-corrected chi connectivity index (χ2v) is 4.86. The quantitative estimate of drug-likeness (QED) is 0.327. The molecule has 1 nitrogen and oxygen atoms in total. The van der Waals surface area contributed by atoms with Crippen molar-refractivity contribution in [3.8, 4) is 0 Å². The first-order valence-corrected chi connectivity index (χ1v) is 7.48. The third kappa shape index (κ3) is 13.3. The van der Waals surface area contributed by atoms with E-state index in [0.717, 1.165) is 32.1 Å². The standard InChI is InChI=1S/C16H30O/c1-3-5-7-8-9-10-11-12-13-15-16(17)14-6-4-2/h8-9H,3-7,10-15H2,1-2H3. The number of ketones is 1. The number of carbonyl (C=O) groups is 1. The van der Waals surface area contributed by atoms with E-state index in [9.17, 15) is 4.79 Å². The highest BCUT2D eigenvalue weighted by molar-refractivity contribution is 5.78. The largest absolute Gasteiger partial charge is 0.300 e. The van der Waals surface area contributed by atoms with Crippen LogP contribution in [0.25, 0.3) is 0 Å². The molecule has 100 valence electrons. The highest BCUT2D eigenvalue weighted by Crippen LogP contribution is 2.07. The van der Waals surface area contributed by atoms with E-state index in [2.05, 4.69) is 26.0 Å². The van der Waals surface area contributed by atoms with Crippen molar-refractivity contribution in [2.24, 2.45) is 0 Å². The molecule has 0 aromatic heterocycles. The first-order chi connectivity index (χ1) is 8.31. The van der Waals surface area contributed by atoms with E-state index >= 15 is 0 Å². The maximum atomic E-state index is 11.4. The molecule has 0 fully saturated rings. The van der Waals surface area contributed by atoms with E-state index in [1.54, 1.807) is 0 Å². The van der Waals surface area contributed by atoms with Gasteiger partial charge in [0.1, 0.15) is 5.78 Å². The lowest BCUT2D eigenvalue weighted by Gasteiger charge is -1.99. The van der Waals surface area contributed by atoms with Gasteiger partial charge in [0.05, 0.1) is 0 Å². The van der Waals surface area contributed by atoms with Crippen molar-refractivity contribution >= 4 is 5.78 Å². The predicted molar refractivity (Wildman–Crippen MR) is 76.3 cm³/mol. The number of allylic oxidation sites excluding steroid dienone is 2. The van der Waals surface area contributed by atoms with Crippen molar-refractivity contribution < 1.29 is 4.79 Å². The Bertz CT molecular complexity index is 194. The highest BCUT2D eigenvalue weighted by atomic mass is 16.1. The molecule has 0 atom stereocenters. The Balaban J connectivity index is 3.17. The van der Waals surface area contributed by atoms with Gasteiger partial charge in [-0.3, -0.25) is 4.79 Å². The molecule has 0 radical (unpaired) electrons. The van der Waals surface area contributed by atoms with Gasteiger partial charge in [0.15, 0.2) is 0 Å². The van der Waals surface area contributed by atoms with Crippen LogP contribution in [0.4, 0.5) is 0 Å². The number of rotatable bonds is 12. The summed E-state index contributed by atoms with van der Waals surface area (Å²) in [4.78, 5) is 11.4. The first-order valence-electron chi connectivity index (χ1n) is 7.48. The maximum absolute atomic E-state index is 11.4. The molecule has 0 N–H and O–H groups in total. The topological polar surface area (TPSA) is 17.1 Å². The van der Waals surface area contributed by atoms with Crippen LogP contribution in [-0.4, -0.2) is 5.78 Å². The average Bonchev–Trinajstić information content (AvgIpc) is 2.34. The van der Waals surface area contributed by atoms with Crippen molar-refractivity contribution in [1.29, 1.82) is 0 Å². The molecule has 0 heterocycles. The number of hydrogen-bond donors (Lipinski definition) is 0. The fourth-order valence-corrected chi connectivity index (χ4v) is 1.82. The van der Waals surface area contributed by atoms with E-state index in [1.807, 2.05) is 0 Å². The summed E-state index contributed by atoms with van der Waals surface area (Å²) in [5.74, 6) is 0.463. The molecule has 0 unspecified atom stereocenters. The van der Waals surface area contributed by atoms with Gasteiger partial charge in [-0.05, 0) is 32.1 Å². The molecule has 0 bridgehead atoms. The Morgan fingerprint density at radius 1 is 0.765 bits per heavy atom. The van der Waals surface area contributed by atoms with Gasteiger partial charge in [0, 0.05) is 12.8 Å². The zero-order valence-corrected chi connectivity index (χ0v) is 11.8. The van der Waals surface area contributed by atoms with Crippen LogP contribution in [-0.2, 0) is 4.79 Å². The number of carbonyl (C=O) groups excluding carboxylic acids is 1. The predicted octanol–water partition coefficient (Wildman–Crippen LogP) is 5.44. The summed E-state index contributed by atoms with van der Waals surface area (Å²) in [6, 6.07) is 0. The Labute approximate surface area is 108 Å². The van der Waals surface area contributed by atoms with Crippen molar-refractivity contribution in [1.82, 2.24) is 0 Å². The molecule has 0 aliphatic carbocycles. The summed E-state index contributed by atoms with van der Waals surface area (Å²) in [6.07, 6.45) is 16.9. The van der Waals surface area contributed by atoms with E-state index in [1.165, 1.54) is 38.5 Å². The van der Waals surface area contributed by atoms with Gasteiger partial charge in [-0.1, -0.05) is 51.7 Å². The van der Waals surface area contributed by atoms with Gasteiger partial charge in [-0.15, -0.1) is 0 Å². The number of hydrogen-bond acceptors (Lipinski definition) is 1. The summed E-state index contributed by atoms with van der Waals surface area (Å²) in [7, 11) is 0. The maximum Gasteiger partial charge on any atom is 0.132 e. The van der Waals surface area contributed by atoms with Crippen LogP contribution >= 0.6 is 0 Å². The summed E-state index contributed by atoms with van der Waals surface area (Å²) in [5.41, 5.74) is 0. The minimum absolute atomic E-state index is 0.463. The Hall–Kier alpha value is -0.590. The summed E-state index contributed by atoms with van der Waals surface area (Å²) in [5, 5.41) is 0. The molecule has 1 heteroatoms. The second kappa shape index (κ2) is 13.5. The minimum atomic E-state index is 0.463. The molecule has 0 aromatic carbocycles. The fraction of sp³-hybridized carbons (Fsp3) is 0.812. The van der Waals surface area contributed by atoms with Gasteiger partial charge in [-0.2, -0.15) is 0 Å². The molecule has 0 amide bonds. The third-order valence-corrected chi connectivity index (χ3v) is 3.03. The van der Waals surface area contributed by atoms with Crippen LogP contribution in [0.2, 0.25) is 0 Å². The Morgan fingerprint density at radius 3 is 2.00 bits per heavy atom. The number of unbranched alkanes of at least 4 members (excludes halogenated alkanes) is 6. The molecular weight excluding hydrogens is 208 g/mol. The Morgan fingerprint density at radius 2 is 1.35 bits per heavy atom. The highest BCUT2D eigenvalue weighted by Gasteiger charge is 1.99. The van der Waals surface area contributed by atoms with Crippen LogP contribution < -0.4 is 0 Å². The van der Waals surface area contributed by atoms with Crippen molar-refractivity contribution in [3.05, 3.63) is 12.2 Å². The smallest absolute Gasteiger partial charge is 0.132 e. The summed E-state index contributed by atoms with van der Waals surface area (Å²) >= 11 is 0. The van der Waals surface area contributed by atoms with Crippen molar-refractivity contribution in [3.63, 3.8) is 0 Å². The minimum Gasteiger partial charge on any atom is -0.300 e. The van der Waals surface area contributed by atoms with Gasteiger partial charge < -0.3 is 0 Å². The average molecular weight is 238 g/mol. The van der Waals surface area contributed by atoms with Gasteiger partial charge in [0.2, 0.25) is 0 Å². The monoisotopic (exact) mass is 238 g/mol. The van der Waals surface area contributed by atoms with E-state index in [0.29, 0.717) is 5.78 Å². The lowest BCUT2D eigenvalue weighted by atomic mass is 10.1. The summed E-state index contributed by atoms with van der Waals surface area (Å²) < 4.78 is 0. The molecule has 0 aliphatic rings. The van der Waals surface area contributed by atoms with Crippen molar-refractivity contribution in [2.45, 2.75) is 84.5 Å². The van der Waals surface area contributed by atoms with Crippen molar-refractivity contribution in [2.75, 3.05) is 0 Å². The molecule has 0 saturated carbocycles. The lowest BCUT2D eigenvalue weighted by Crippen LogP contribution is -1.96. The third-order valence-electron chi connectivity index (χ3n) is 3.03. The van der Waals surface area contributed by atoms with Crippen LogP contribution in [0, 0.1) is 0 Å². The van der Waals surface area contributed by atoms with Gasteiger partial charge >= 0.3 is 0 Å². The summed E-state index contributed by atoms with van der Waals surface area (Å²) in [6.45, 7) is 4.36. The van der Waals surface area contributed by atoms with E-state index in [-0.39, 0.29) is 0 Å². The molecule has 0 rings (SSSR count). The second-order valence-electron chi connectivity index (χ2n) is 4.86. The van der Waals surface area contributed by atoms with Crippen LogP contribution in [0.15, 0.2) is 12.2 Å². The molecule has 0 saturated heterocycles. The van der Waals surface area contributed by atoms with E-state index in [4.69, 9.17) is 0 Å². The van der Waals surface area contributed by atoms with E-state index < -0.39 is 0 Å². The molecule has 0 aromatic rings. The van der Waals surface area contributed by atoms with Crippen LogP contribution in [0.1, 0.15) is 84.5 Å².